The lowest BCUT2D eigenvalue weighted by Crippen LogP contribution is -2.64. The molecule has 0 aliphatic heterocycles. The molecule has 1 rings (SSSR count). The average Bonchev–Trinajstić information content (AvgIpc) is 3.27. The largest absolute Gasteiger partial charge is 0.472 e. The summed E-state index contributed by atoms with van der Waals surface area (Å²) < 4.78 is 23.0. The number of unbranched alkanes of at least 4 members (excludes halogenated alkanes) is 32. The van der Waals surface area contributed by atoms with Crippen molar-refractivity contribution in [1.29, 1.82) is 0 Å². The van der Waals surface area contributed by atoms with Gasteiger partial charge in [0.25, 0.3) is 0 Å². The summed E-state index contributed by atoms with van der Waals surface area (Å²) in [5.41, 5.74) is 0. The molecule has 0 heterocycles. The summed E-state index contributed by atoms with van der Waals surface area (Å²) in [7, 11) is -5.12. The van der Waals surface area contributed by atoms with Gasteiger partial charge in [-0.3, -0.25) is 13.8 Å². The van der Waals surface area contributed by atoms with Crippen LogP contribution in [0, 0.1) is 0 Å². The number of carbonyl (C=O) groups excluding carboxylic acids is 1. The van der Waals surface area contributed by atoms with E-state index in [-0.39, 0.29) is 12.8 Å². The molecule has 0 aromatic carbocycles. The van der Waals surface area contributed by atoms with Crippen LogP contribution in [0.3, 0.4) is 0 Å². The molecule has 14 heteroatoms. The minimum atomic E-state index is -5.12. The molecule has 9 N–H and O–H groups in total. The lowest BCUT2D eigenvalue weighted by Gasteiger charge is -2.41. The molecule has 8 atom stereocenters. The van der Waals surface area contributed by atoms with Gasteiger partial charge in [0.15, 0.2) is 0 Å². The summed E-state index contributed by atoms with van der Waals surface area (Å²) in [4.78, 5) is 23.5. The van der Waals surface area contributed by atoms with Gasteiger partial charge in [-0.15, -0.1) is 0 Å². The Balaban J connectivity index is 2.43. The lowest BCUT2D eigenvalue weighted by molar-refractivity contribution is -0.220. The summed E-state index contributed by atoms with van der Waals surface area (Å²) in [6.45, 7) is 3.83. The minimum absolute atomic E-state index is 0.215. The summed E-state index contributed by atoms with van der Waals surface area (Å²) in [6, 6.07) is -1.15. The van der Waals surface area contributed by atoms with E-state index in [9.17, 15) is 50.0 Å². The third-order valence-electron chi connectivity index (χ3n) is 13.2. The molecule has 1 fully saturated rings. The fourth-order valence-corrected chi connectivity index (χ4v) is 9.86. The van der Waals surface area contributed by atoms with E-state index >= 15 is 0 Å². The fourth-order valence-electron chi connectivity index (χ4n) is 8.90. The van der Waals surface area contributed by atoms with E-state index in [0.717, 1.165) is 51.4 Å². The first-order chi connectivity index (χ1) is 30.8. The number of carbonyl (C=O) groups is 1. The highest BCUT2D eigenvalue weighted by atomic mass is 31.2. The van der Waals surface area contributed by atoms with Crippen LogP contribution in [0.1, 0.15) is 251 Å². The number of rotatable bonds is 45. The van der Waals surface area contributed by atoms with Crippen molar-refractivity contribution in [3.05, 3.63) is 0 Å². The highest BCUT2D eigenvalue weighted by Gasteiger charge is 2.51. The third-order valence-corrected chi connectivity index (χ3v) is 14.2. The number of hydrogen-bond donors (Lipinski definition) is 9. The van der Waals surface area contributed by atoms with Crippen molar-refractivity contribution in [2.24, 2.45) is 0 Å². The Morgan fingerprint density at radius 3 is 1.12 bits per heavy atom. The predicted molar refractivity (Wildman–Crippen MR) is 257 cm³/mol. The lowest BCUT2D eigenvalue weighted by atomic mass is 9.85. The molecule has 0 saturated heterocycles. The molecule has 1 saturated carbocycles. The van der Waals surface area contributed by atoms with Gasteiger partial charge in [-0.2, -0.15) is 0 Å². The van der Waals surface area contributed by atoms with E-state index < -0.39 is 75.2 Å². The van der Waals surface area contributed by atoms with Gasteiger partial charge in [-0.05, 0) is 12.8 Å². The van der Waals surface area contributed by atoms with Crippen molar-refractivity contribution in [3.8, 4) is 0 Å². The molecule has 0 aromatic heterocycles. The monoisotopic (exact) mass is 938 g/mol. The molecule has 8 unspecified atom stereocenters. The van der Waals surface area contributed by atoms with Crippen LogP contribution in [0.25, 0.3) is 0 Å². The molecule has 1 aliphatic rings. The van der Waals surface area contributed by atoms with Crippen LogP contribution in [0.2, 0.25) is 0 Å². The smallest absolute Gasteiger partial charge is 0.393 e. The van der Waals surface area contributed by atoms with Gasteiger partial charge in [0.05, 0.1) is 31.3 Å². The molecule has 1 aliphatic carbocycles. The summed E-state index contributed by atoms with van der Waals surface area (Å²) >= 11 is 0. The Morgan fingerprint density at radius 1 is 0.484 bits per heavy atom. The maximum absolute atomic E-state index is 13.1. The highest BCUT2D eigenvalue weighted by molar-refractivity contribution is 7.47. The second-order valence-corrected chi connectivity index (χ2v) is 20.7. The van der Waals surface area contributed by atoms with Crippen molar-refractivity contribution >= 4 is 13.7 Å². The van der Waals surface area contributed by atoms with Crippen molar-refractivity contribution in [3.63, 3.8) is 0 Å². The van der Waals surface area contributed by atoms with Gasteiger partial charge in [0.2, 0.25) is 5.91 Å². The second kappa shape index (κ2) is 40.2. The highest BCUT2D eigenvalue weighted by Crippen LogP contribution is 2.47. The van der Waals surface area contributed by atoms with Crippen LogP contribution in [-0.2, 0) is 18.4 Å². The first-order valence-electron chi connectivity index (χ1n) is 26.6. The summed E-state index contributed by atoms with van der Waals surface area (Å²) in [6.07, 6.45) is 28.6. The van der Waals surface area contributed by atoms with Crippen molar-refractivity contribution in [2.75, 3.05) is 6.61 Å². The number of aliphatic hydroxyl groups excluding tert-OH is 7. The fraction of sp³-hybridized carbons (Fsp3) is 0.980. The van der Waals surface area contributed by atoms with Gasteiger partial charge in [-0.1, -0.05) is 232 Å². The Kier molecular flexibility index (Phi) is 38.5. The van der Waals surface area contributed by atoms with Crippen molar-refractivity contribution < 1.29 is 59.0 Å². The predicted octanol–water partition coefficient (Wildman–Crippen LogP) is 9.99. The van der Waals surface area contributed by atoms with E-state index in [1.165, 1.54) is 161 Å². The van der Waals surface area contributed by atoms with Gasteiger partial charge >= 0.3 is 7.82 Å². The first kappa shape index (κ1) is 61.3. The van der Waals surface area contributed by atoms with Crippen LogP contribution < -0.4 is 5.32 Å². The normalized spacial score (nSPS) is 22.6. The molecule has 64 heavy (non-hydrogen) atoms. The quantitative estimate of drug-likeness (QED) is 0.0205. The van der Waals surface area contributed by atoms with Crippen LogP contribution in [-0.4, -0.2) is 108 Å². The Morgan fingerprint density at radius 2 is 0.781 bits per heavy atom. The minimum Gasteiger partial charge on any atom is -0.393 e. The molecular formula is C50H100NO12P. The Bertz CT molecular complexity index is 1110. The maximum Gasteiger partial charge on any atom is 0.472 e. The second-order valence-electron chi connectivity index (χ2n) is 19.3. The molecule has 0 bridgehead atoms. The van der Waals surface area contributed by atoms with Crippen LogP contribution in [0.5, 0.6) is 0 Å². The Labute approximate surface area is 389 Å². The van der Waals surface area contributed by atoms with Gasteiger partial charge < -0.3 is 46.0 Å². The average molecular weight is 938 g/mol. The standard InChI is InChI=1S/C50H100NO12P/c1-3-5-7-9-11-13-15-17-19-20-21-22-23-24-26-28-30-32-34-36-38-43(53)42(40-62-64(60,61)63-50-48(58)46(56)45(55)47(57)49(50)59)51-44(54)39-41(52)37-35-33-31-29-27-25-18-16-14-12-10-8-6-4-2/h41-43,45-50,52-53,55-59H,3-40H2,1-2H3,(H,51,54)(H,60,61). The molecular weight excluding hydrogens is 838 g/mol. The molecule has 382 valence electrons. The van der Waals surface area contributed by atoms with Gasteiger partial charge in [0.1, 0.15) is 36.6 Å². The van der Waals surface area contributed by atoms with Crippen molar-refractivity contribution in [2.45, 2.75) is 306 Å². The van der Waals surface area contributed by atoms with Gasteiger partial charge in [0, 0.05) is 0 Å². The maximum atomic E-state index is 13.1. The van der Waals surface area contributed by atoms with Crippen LogP contribution in [0.15, 0.2) is 0 Å². The van der Waals surface area contributed by atoms with E-state index in [1.807, 2.05) is 0 Å². The number of phosphoric acid groups is 1. The van der Waals surface area contributed by atoms with Crippen LogP contribution >= 0.6 is 7.82 Å². The van der Waals surface area contributed by atoms with E-state index in [4.69, 9.17) is 9.05 Å². The summed E-state index contributed by atoms with van der Waals surface area (Å²) in [5, 5.41) is 74.9. The zero-order valence-corrected chi connectivity index (χ0v) is 41.6. The zero-order valence-electron chi connectivity index (χ0n) is 40.7. The van der Waals surface area contributed by atoms with E-state index in [1.54, 1.807) is 0 Å². The SMILES string of the molecule is CCCCCCCCCCCCCCCCCCCCCCC(O)C(COP(=O)(O)OC1C(O)C(O)C(O)C(O)C1O)NC(=O)CC(O)CCCCCCCCCCCCCCCC. The van der Waals surface area contributed by atoms with Crippen LogP contribution in [0.4, 0.5) is 0 Å². The third kappa shape index (κ3) is 31.4. The number of phosphoric ester groups is 1. The number of nitrogens with one attached hydrogen (secondary N) is 1. The first-order valence-corrected chi connectivity index (χ1v) is 28.1. The molecule has 0 aromatic rings. The number of aliphatic hydroxyl groups is 7. The van der Waals surface area contributed by atoms with Gasteiger partial charge in [-0.25, -0.2) is 4.57 Å². The molecule has 1 amide bonds. The number of hydrogen-bond acceptors (Lipinski definition) is 11. The van der Waals surface area contributed by atoms with E-state index in [2.05, 4.69) is 19.2 Å². The number of amides is 1. The van der Waals surface area contributed by atoms with E-state index in [0.29, 0.717) is 12.8 Å². The summed E-state index contributed by atoms with van der Waals surface area (Å²) in [5.74, 6) is -0.555. The topological polar surface area (TPSA) is 226 Å². The molecule has 0 spiro atoms. The molecule has 13 nitrogen and oxygen atoms in total. The van der Waals surface area contributed by atoms with Crippen molar-refractivity contribution in [1.82, 2.24) is 5.32 Å². The Hall–Kier alpha value is -0.700. The zero-order chi connectivity index (χ0) is 47.3. The molecule has 0 radical (unpaired) electrons.